The summed E-state index contributed by atoms with van der Waals surface area (Å²) < 4.78 is 18.3. The van der Waals surface area contributed by atoms with E-state index in [9.17, 15) is 9.00 Å². The Morgan fingerprint density at radius 2 is 2.25 bits per heavy atom. The molecule has 0 spiro atoms. The van der Waals surface area contributed by atoms with Crippen LogP contribution in [-0.4, -0.2) is 32.8 Å². The molecule has 4 N–H and O–H groups in total. The van der Waals surface area contributed by atoms with Crippen molar-refractivity contribution in [2.24, 2.45) is 5.73 Å². The zero-order valence-corrected chi connectivity index (χ0v) is 7.76. The maximum absolute atomic E-state index is 11.1. The lowest BCUT2D eigenvalue weighted by atomic mass is 10.2. The van der Waals surface area contributed by atoms with Gasteiger partial charge in [-0.2, -0.15) is 0 Å². The largest absolute Gasteiger partial charge is 0.480 e. The molecule has 0 rings (SSSR count). The van der Waals surface area contributed by atoms with Gasteiger partial charge in [0.15, 0.2) is 0 Å². The van der Waals surface area contributed by atoms with Crippen LogP contribution in [0.3, 0.4) is 0 Å². The SMILES string of the molecule is CCS(=N)(=O)CC[C@@H](N)C(=O)O. The van der Waals surface area contributed by atoms with Gasteiger partial charge >= 0.3 is 5.97 Å². The van der Waals surface area contributed by atoms with Crippen LogP contribution < -0.4 is 5.73 Å². The highest BCUT2D eigenvalue weighted by Gasteiger charge is 2.13. The number of hydrogen-bond acceptors (Lipinski definition) is 4. The summed E-state index contributed by atoms with van der Waals surface area (Å²) in [6, 6.07) is -0.997. The molecule has 0 heterocycles. The van der Waals surface area contributed by atoms with Gasteiger partial charge in [0.1, 0.15) is 6.04 Å². The fraction of sp³-hybridized carbons (Fsp3) is 0.833. The van der Waals surface area contributed by atoms with E-state index < -0.39 is 21.7 Å². The maximum Gasteiger partial charge on any atom is 0.320 e. The van der Waals surface area contributed by atoms with Crippen LogP contribution in [0.4, 0.5) is 0 Å². The first-order chi connectivity index (χ1) is 5.39. The molecule has 0 aromatic carbocycles. The highest BCUT2D eigenvalue weighted by molar-refractivity contribution is 7.92. The van der Waals surface area contributed by atoms with E-state index in [0.29, 0.717) is 0 Å². The smallest absolute Gasteiger partial charge is 0.320 e. The van der Waals surface area contributed by atoms with Gasteiger partial charge in [-0.05, 0) is 6.42 Å². The number of aliphatic carboxylic acids is 1. The van der Waals surface area contributed by atoms with Gasteiger partial charge in [0.05, 0.1) is 0 Å². The van der Waals surface area contributed by atoms with Crippen LogP contribution >= 0.6 is 0 Å². The number of hydrogen-bond donors (Lipinski definition) is 3. The van der Waals surface area contributed by atoms with Gasteiger partial charge in [0.2, 0.25) is 0 Å². The summed E-state index contributed by atoms with van der Waals surface area (Å²) in [6.07, 6.45) is 0.103. The van der Waals surface area contributed by atoms with E-state index in [-0.39, 0.29) is 17.9 Å². The van der Waals surface area contributed by atoms with Gasteiger partial charge in [-0.1, -0.05) is 6.92 Å². The molecule has 12 heavy (non-hydrogen) atoms. The minimum absolute atomic E-state index is 0.0664. The summed E-state index contributed by atoms with van der Waals surface area (Å²) >= 11 is 0. The second kappa shape index (κ2) is 4.42. The molecule has 0 aliphatic carbocycles. The molecule has 0 aromatic rings. The summed E-state index contributed by atoms with van der Waals surface area (Å²) in [5, 5.41) is 8.37. The number of carbonyl (C=O) groups is 1. The van der Waals surface area contributed by atoms with Gasteiger partial charge in [-0.15, -0.1) is 0 Å². The Labute approximate surface area is 71.9 Å². The van der Waals surface area contributed by atoms with E-state index >= 15 is 0 Å². The molecule has 0 saturated heterocycles. The van der Waals surface area contributed by atoms with Crippen molar-refractivity contribution in [3.05, 3.63) is 0 Å². The second-order valence-corrected chi connectivity index (χ2v) is 5.15. The molecule has 0 amide bonds. The van der Waals surface area contributed by atoms with Crippen LogP contribution in [0.15, 0.2) is 0 Å². The third-order valence-corrected chi connectivity index (χ3v) is 3.37. The molecule has 6 heteroatoms. The van der Waals surface area contributed by atoms with Crippen LogP contribution in [0, 0.1) is 4.78 Å². The summed E-state index contributed by atoms with van der Waals surface area (Å²) in [6.45, 7) is 1.64. The van der Waals surface area contributed by atoms with Crippen LogP contribution in [0.25, 0.3) is 0 Å². The summed E-state index contributed by atoms with van der Waals surface area (Å²) in [7, 11) is -2.59. The first-order valence-corrected chi connectivity index (χ1v) is 5.51. The average Bonchev–Trinajstić information content (AvgIpc) is 2.00. The number of nitrogens with one attached hydrogen (secondary N) is 1. The first kappa shape index (κ1) is 11.4. The fourth-order valence-electron chi connectivity index (χ4n) is 0.585. The standard InChI is InChI=1S/C6H14N2O3S/c1-2-12(8,11)4-3-5(7)6(9)10/h5,8H,2-4,7H2,1H3,(H,9,10)/t5-,12?/m1/s1. The topological polar surface area (TPSA) is 104 Å². The molecule has 0 aromatic heterocycles. The fourth-order valence-corrected chi connectivity index (χ4v) is 1.51. The molecule has 72 valence electrons. The Kier molecular flexibility index (Phi) is 4.19. The average molecular weight is 194 g/mol. The lowest BCUT2D eigenvalue weighted by molar-refractivity contribution is -0.138. The lowest BCUT2D eigenvalue weighted by Gasteiger charge is -2.07. The molecule has 0 bridgehead atoms. The van der Waals surface area contributed by atoms with Crippen LogP contribution in [0.2, 0.25) is 0 Å². The normalized spacial score (nSPS) is 18.2. The third-order valence-electron chi connectivity index (χ3n) is 1.54. The number of rotatable bonds is 5. The van der Waals surface area contributed by atoms with Gasteiger partial charge in [-0.3, -0.25) is 9.57 Å². The van der Waals surface area contributed by atoms with E-state index in [1.807, 2.05) is 0 Å². The van der Waals surface area contributed by atoms with Crippen molar-refractivity contribution < 1.29 is 14.1 Å². The second-order valence-electron chi connectivity index (χ2n) is 2.54. The highest BCUT2D eigenvalue weighted by atomic mass is 32.2. The Morgan fingerprint density at radius 3 is 2.58 bits per heavy atom. The van der Waals surface area contributed by atoms with Gasteiger partial charge in [-0.25, -0.2) is 4.21 Å². The molecule has 0 aliphatic rings. The predicted molar refractivity (Wildman–Crippen MR) is 46.5 cm³/mol. The molecule has 5 nitrogen and oxygen atoms in total. The summed E-state index contributed by atoms with van der Waals surface area (Å²) in [5.41, 5.74) is 5.17. The van der Waals surface area contributed by atoms with E-state index in [2.05, 4.69) is 0 Å². The van der Waals surface area contributed by atoms with Crippen molar-refractivity contribution in [2.45, 2.75) is 19.4 Å². The van der Waals surface area contributed by atoms with Crippen molar-refractivity contribution in [3.8, 4) is 0 Å². The Hall–Kier alpha value is -0.620. The molecular weight excluding hydrogens is 180 g/mol. The van der Waals surface area contributed by atoms with E-state index in [1.165, 1.54) is 0 Å². The van der Waals surface area contributed by atoms with E-state index in [4.69, 9.17) is 15.6 Å². The lowest BCUT2D eigenvalue weighted by Crippen LogP contribution is -2.32. The van der Waals surface area contributed by atoms with Crippen molar-refractivity contribution in [1.82, 2.24) is 0 Å². The number of carboxylic acids is 1. The minimum atomic E-state index is -2.59. The molecule has 0 fully saturated rings. The van der Waals surface area contributed by atoms with Crippen molar-refractivity contribution in [1.29, 1.82) is 4.78 Å². The number of nitrogens with two attached hydrogens (primary N) is 1. The Bertz CT molecular complexity index is 248. The molecule has 2 atom stereocenters. The van der Waals surface area contributed by atoms with Gasteiger partial charge < -0.3 is 10.8 Å². The van der Waals surface area contributed by atoms with Gasteiger partial charge in [0, 0.05) is 21.2 Å². The molecule has 1 unspecified atom stereocenters. The molecule has 0 radical (unpaired) electrons. The van der Waals surface area contributed by atoms with Gasteiger partial charge in [0.25, 0.3) is 0 Å². The predicted octanol–water partition coefficient (Wildman–Crippen LogP) is -0.145. The van der Waals surface area contributed by atoms with E-state index in [1.54, 1.807) is 6.92 Å². The zero-order valence-electron chi connectivity index (χ0n) is 6.95. The van der Waals surface area contributed by atoms with Crippen LogP contribution in [-0.2, 0) is 14.5 Å². The Balaban J connectivity index is 3.92. The van der Waals surface area contributed by atoms with Crippen molar-refractivity contribution >= 4 is 15.7 Å². The monoisotopic (exact) mass is 194 g/mol. The minimum Gasteiger partial charge on any atom is -0.480 e. The molecular formula is C6H14N2O3S. The summed E-state index contributed by atoms with van der Waals surface area (Å²) in [5.74, 6) is -0.794. The molecule has 0 aliphatic heterocycles. The van der Waals surface area contributed by atoms with Crippen LogP contribution in [0.5, 0.6) is 0 Å². The Morgan fingerprint density at radius 1 is 1.75 bits per heavy atom. The van der Waals surface area contributed by atoms with Crippen molar-refractivity contribution in [2.75, 3.05) is 11.5 Å². The summed E-state index contributed by atoms with van der Waals surface area (Å²) in [4.78, 5) is 10.2. The first-order valence-electron chi connectivity index (χ1n) is 3.61. The van der Waals surface area contributed by atoms with Crippen LogP contribution in [0.1, 0.15) is 13.3 Å². The quantitative estimate of drug-likeness (QED) is 0.566. The van der Waals surface area contributed by atoms with Crippen molar-refractivity contribution in [3.63, 3.8) is 0 Å². The molecule has 0 saturated carbocycles. The highest BCUT2D eigenvalue weighted by Crippen LogP contribution is 1.97. The maximum atomic E-state index is 11.1. The van der Waals surface area contributed by atoms with E-state index in [0.717, 1.165) is 0 Å². The zero-order chi connectivity index (χ0) is 9.78. The number of carboxylic acid groups (broad SMARTS) is 1. The third kappa shape index (κ3) is 4.30.